The Bertz CT molecular complexity index is 3300. The lowest BCUT2D eigenvalue weighted by Gasteiger charge is -2.15. The quantitative estimate of drug-likeness (QED) is 0.179. The zero-order chi connectivity index (χ0) is 36.0. The van der Waals surface area contributed by atoms with Crippen LogP contribution in [0.4, 0.5) is 0 Å². The van der Waals surface area contributed by atoms with Crippen molar-refractivity contribution in [1.29, 1.82) is 0 Å². The van der Waals surface area contributed by atoms with Crippen LogP contribution in [0.1, 0.15) is 22.6 Å². The molecule has 55 heavy (non-hydrogen) atoms. The van der Waals surface area contributed by atoms with Crippen molar-refractivity contribution in [2.45, 2.75) is 5.92 Å². The van der Waals surface area contributed by atoms with Crippen LogP contribution in [-0.4, -0.2) is 4.57 Å². The van der Waals surface area contributed by atoms with Gasteiger partial charge < -0.3 is 8.98 Å². The first-order valence-electron chi connectivity index (χ1n) is 19.0. The summed E-state index contributed by atoms with van der Waals surface area (Å²) in [5, 5.41) is 7.09. The number of benzene rings is 9. The van der Waals surface area contributed by atoms with E-state index < -0.39 is 0 Å². The maximum atomic E-state index is 6.72. The van der Waals surface area contributed by atoms with E-state index >= 15 is 0 Å². The fourth-order valence-corrected chi connectivity index (χ4v) is 9.35. The van der Waals surface area contributed by atoms with Gasteiger partial charge in [0, 0.05) is 32.8 Å². The third-order valence-corrected chi connectivity index (χ3v) is 11.9. The highest BCUT2D eigenvalue weighted by molar-refractivity contribution is 6.22. The van der Waals surface area contributed by atoms with E-state index in [2.05, 4.69) is 193 Å². The highest BCUT2D eigenvalue weighted by Crippen LogP contribution is 2.50. The minimum atomic E-state index is 0.192. The van der Waals surface area contributed by atoms with Gasteiger partial charge in [-0.3, -0.25) is 0 Å². The van der Waals surface area contributed by atoms with Crippen LogP contribution in [0.3, 0.4) is 0 Å². The minimum Gasteiger partial charge on any atom is -0.454 e. The van der Waals surface area contributed by atoms with E-state index in [-0.39, 0.29) is 5.92 Å². The average Bonchev–Trinajstić information content (AvgIpc) is 3.91. The Labute approximate surface area is 318 Å². The first-order chi connectivity index (χ1) is 27.3. The summed E-state index contributed by atoms with van der Waals surface area (Å²) in [4.78, 5) is 0. The first-order valence-corrected chi connectivity index (χ1v) is 19.0. The summed E-state index contributed by atoms with van der Waals surface area (Å²) in [7, 11) is 0. The van der Waals surface area contributed by atoms with Gasteiger partial charge in [-0.25, -0.2) is 0 Å². The molecule has 2 heteroatoms. The second-order valence-electron chi connectivity index (χ2n) is 14.8. The molecule has 2 nitrogen and oxygen atoms in total. The number of aromatic nitrogens is 1. The summed E-state index contributed by atoms with van der Waals surface area (Å²) in [5.41, 5.74) is 16.8. The Morgan fingerprint density at radius 2 is 1.07 bits per heavy atom. The average molecular weight is 700 g/mol. The minimum absolute atomic E-state index is 0.192. The molecule has 0 bridgehead atoms. The van der Waals surface area contributed by atoms with Gasteiger partial charge >= 0.3 is 0 Å². The van der Waals surface area contributed by atoms with Crippen LogP contribution >= 0.6 is 0 Å². The van der Waals surface area contributed by atoms with Gasteiger partial charge in [-0.2, -0.15) is 0 Å². The lowest BCUT2D eigenvalue weighted by Crippen LogP contribution is -1.99. The zero-order valence-corrected chi connectivity index (χ0v) is 29.9. The van der Waals surface area contributed by atoms with Crippen molar-refractivity contribution >= 4 is 54.5 Å². The molecule has 2 aromatic heterocycles. The maximum Gasteiger partial charge on any atom is 0.160 e. The molecule has 1 atom stereocenters. The Balaban J connectivity index is 1.04. The molecule has 0 spiro atoms. The normalized spacial score (nSPS) is 13.6. The number of furan rings is 1. The van der Waals surface area contributed by atoms with Gasteiger partial charge in [0.15, 0.2) is 5.58 Å². The molecule has 9 aromatic carbocycles. The monoisotopic (exact) mass is 699 g/mol. The van der Waals surface area contributed by atoms with E-state index in [4.69, 9.17) is 4.42 Å². The number of para-hydroxylation sites is 1. The lowest BCUT2D eigenvalue weighted by molar-refractivity contribution is 0.671. The zero-order valence-electron chi connectivity index (χ0n) is 29.9. The van der Waals surface area contributed by atoms with Crippen molar-refractivity contribution in [1.82, 2.24) is 4.57 Å². The van der Waals surface area contributed by atoms with Crippen LogP contribution < -0.4 is 0 Å². The first kappa shape index (κ1) is 30.3. The van der Waals surface area contributed by atoms with Gasteiger partial charge in [0.1, 0.15) is 5.58 Å². The van der Waals surface area contributed by atoms with Crippen LogP contribution in [0.2, 0.25) is 0 Å². The van der Waals surface area contributed by atoms with E-state index in [9.17, 15) is 0 Å². The van der Waals surface area contributed by atoms with E-state index in [1.165, 1.54) is 71.6 Å². The third kappa shape index (κ3) is 4.49. The Hall–Kier alpha value is -7.16. The summed E-state index contributed by atoms with van der Waals surface area (Å²) in [6.07, 6.45) is 0. The number of hydrogen-bond donors (Lipinski definition) is 0. The SMILES string of the molecule is c1ccc(-c2ccc(C3c4ccccc4-c4cc(-c5ccc6c(c5)c5ccc7c8ccccc8oc7c5n6-c5cccc6ccccc56)ccc43)cc2)cc1. The molecular weight excluding hydrogens is 667 g/mol. The van der Waals surface area contributed by atoms with Crippen LogP contribution in [0.5, 0.6) is 0 Å². The molecule has 0 amide bonds. The largest absolute Gasteiger partial charge is 0.454 e. The van der Waals surface area contributed by atoms with Crippen molar-refractivity contribution in [3.63, 3.8) is 0 Å². The van der Waals surface area contributed by atoms with Gasteiger partial charge in [0.05, 0.1) is 16.7 Å². The van der Waals surface area contributed by atoms with Crippen molar-refractivity contribution in [2.75, 3.05) is 0 Å². The molecule has 0 saturated carbocycles. The van der Waals surface area contributed by atoms with Crippen LogP contribution in [0.15, 0.2) is 199 Å². The van der Waals surface area contributed by atoms with Crippen molar-refractivity contribution in [3.05, 3.63) is 211 Å². The molecule has 1 unspecified atom stereocenters. The molecule has 0 aliphatic heterocycles. The van der Waals surface area contributed by atoms with Gasteiger partial charge in [0.25, 0.3) is 0 Å². The Kier molecular flexibility index (Phi) is 6.43. The second kappa shape index (κ2) is 11.7. The molecule has 0 N–H and O–H groups in total. The van der Waals surface area contributed by atoms with Crippen LogP contribution in [0, 0.1) is 0 Å². The number of rotatable bonds is 4. The number of nitrogens with zero attached hydrogens (tertiary/aromatic N) is 1. The van der Waals surface area contributed by atoms with Crippen LogP contribution in [-0.2, 0) is 0 Å². The molecule has 2 heterocycles. The summed E-state index contributed by atoms with van der Waals surface area (Å²) in [6.45, 7) is 0. The molecule has 0 fully saturated rings. The Morgan fingerprint density at radius 3 is 1.98 bits per heavy atom. The van der Waals surface area contributed by atoms with E-state index in [0.717, 1.165) is 38.7 Å². The van der Waals surface area contributed by atoms with Gasteiger partial charge in [-0.15, -0.1) is 0 Å². The summed E-state index contributed by atoms with van der Waals surface area (Å²) >= 11 is 0. The molecule has 1 aliphatic carbocycles. The highest BCUT2D eigenvalue weighted by atomic mass is 16.3. The number of hydrogen-bond acceptors (Lipinski definition) is 1. The number of fused-ring (bicyclic) bond motifs is 11. The molecular formula is C53H33NO. The molecule has 256 valence electrons. The van der Waals surface area contributed by atoms with Gasteiger partial charge in [0.2, 0.25) is 0 Å². The highest BCUT2D eigenvalue weighted by Gasteiger charge is 2.30. The van der Waals surface area contributed by atoms with Crippen molar-refractivity contribution in [2.24, 2.45) is 0 Å². The van der Waals surface area contributed by atoms with E-state index in [1.807, 2.05) is 6.07 Å². The van der Waals surface area contributed by atoms with E-state index in [1.54, 1.807) is 0 Å². The summed E-state index contributed by atoms with van der Waals surface area (Å²) < 4.78 is 9.15. The molecule has 11 aromatic rings. The second-order valence-corrected chi connectivity index (χ2v) is 14.8. The third-order valence-electron chi connectivity index (χ3n) is 11.9. The summed E-state index contributed by atoms with van der Waals surface area (Å²) in [6, 6.07) is 70.9. The fourth-order valence-electron chi connectivity index (χ4n) is 9.35. The van der Waals surface area contributed by atoms with Crippen LogP contribution in [0.25, 0.3) is 93.6 Å². The topological polar surface area (TPSA) is 18.1 Å². The summed E-state index contributed by atoms with van der Waals surface area (Å²) in [5.74, 6) is 0.192. The molecule has 1 aliphatic rings. The van der Waals surface area contributed by atoms with Crippen molar-refractivity contribution in [3.8, 4) is 39.1 Å². The fraction of sp³-hybridized carbons (Fsp3) is 0.0189. The van der Waals surface area contributed by atoms with Crippen molar-refractivity contribution < 1.29 is 4.42 Å². The van der Waals surface area contributed by atoms with Gasteiger partial charge in [-0.1, -0.05) is 158 Å². The van der Waals surface area contributed by atoms with E-state index in [0.29, 0.717) is 0 Å². The predicted molar refractivity (Wildman–Crippen MR) is 229 cm³/mol. The molecule has 0 radical (unpaired) electrons. The Morgan fingerprint density at radius 1 is 0.400 bits per heavy atom. The van der Waals surface area contributed by atoms with Gasteiger partial charge in [-0.05, 0) is 91.9 Å². The standard InChI is InChI=1S/C53H33NO/c1-2-11-33(12-3-1)34-21-23-36(24-22-34)51-42-18-7-6-16-40(42)46-31-37(25-27-43(46)51)38-26-30-49-47(32-38)44-28-29-45-41-17-8-9-20-50(41)55-53(45)52(44)54(49)48-19-10-14-35-13-4-5-15-39(35)48/h1-32,51H. The predicted octanol–water partition coefficient (Wildman–Crippen LogP) is 14.3. The molecule has 12 rings (SSSR count). The smallest absolute Gasteiger partial charge is 0.160 e. The lowest BCUT2D eigenvalue weighted by atomic mass is 9.88. The molecule has 0 saturated heterocycles. The maximum absolute atomic E-state index is 6.72.